The van der Waals surface area contributed by atoms with Gasteiger partial charge in [0.1, 0.15) is 5.82 Å². The number of hydrogen-bond donors (Lipinski definition) is 2. The smallest absolute Gasteiger partial charge is 0.272 e. The van der Waals surface area contributed by atoms with Gasteiger partial charge in [0, 0.05) is 19.0 Å². The minimum atomic E-state index is -0.244. The largest absolute Gasteiger partial charge is 0.396 e. The molecule has 0 aliphatic carbocycles. The van der Waals surface area contributed by atoms with Gasteiger partial charge in [0.2, 0.25) is 0 Å². The van der Waals surface area contributed by atoms with Crippen LogP contribution in [0.1, 0.15) is 43.0 Å². The zero-order valence-electron chi connectivity index (χ0n) is 12.1. The summed E-state index contributed by atoms with van der Waals surface area (Å²) in [5, 5.41) is 2.82. The van der Waals surface area contributed by atoms with E-state index in [-0.39, 0.29) is 17.5 Å². The number of carbonyl (C=O) groups is 1. The van der Waals surface area contributed by atoms with E-state index in [9.17, 15) is 4.79 Å². The van der Waals surface area contributed by atoms with Crippen molar-refractivity contribution in [1.82, 2.24) is 20.2 Å². The number of nitrogen functional groups attached to an aromatic ring is 1. The van der Waals surface area contributed by atoms with Crippen LogP contribution in [0, 0.1) is 0 Å². The second kappa shape index (κ2) is 7.04. The zero-order chi connectivity index (χ0) is 14.4. The van der Waals surface area contributed by atoms with Crippen LogP contribution in [0.3, 0.4) is 0 Å². The van der Waals surface area contributed by atoms with E-state index in [0.717, 1.165) is 13.1 Å². The van der Waals surface area contributed by atoms with Crippen molar-refractivity contribution < 1.29 is 4.79 Å². The van der Waals surface area contributed by atoms with Crippen molar-refractivity contribution in [3.05, 3.63) is 17.7 Å². The first-order valence-corrected chi connectivity index (χ1v) is 6.54. The lowest BCUT2D eigenvalue weighted by Gasteiger charge is -2.14. The lowest BCUT2D eigenvalue weighted by atomic mass is 10.2. The summed E-state index contributed by atoms with van der Waals surface area (Å²) < 4.78 is 0. The highest BCUT2D eigenvalue weighted by atomic mass is 16.1. The molecule has 0 radical (unpaired) electrons. The summed E-state index contributed by atoms with van der Waals surface area (Å²) in [5.74, 6) is 0.551. The fourth-order valence-electron chi connectivity index (χ4n) is 1.47. The molecule has 1 aromatic heterocycles. The normalized spacial score (nSPS) is 11.1. The van der Waals surface area contributed by atoms with Crippen molar-refractivity contribution >= 4 is 11.6 Å². The van der Waals surface area contributed by atoms with Crippen molar-refractivity contribution in [3.8, 4) is 0 Å². The lowest BCUT2D eigenvalue weighted by molar-refractivity contribution is 0.0945. The number of nitrogens with zero attached hydrogens (tertiary/aromatic N) is 3. The molecule has 6 nitrogen and oxygen atoms in total. The van der Waals surface area contributed by atoms with Gasteiger partial charge in [0.05, 0.1) is 11.9 Å². The van der Waals surface area contributed by atoms with Gasteiger partial charge in [-0.15, -0.1) is 0 Å². The number of nitrogens with one attached hydrogen (secondary N) is 1. The molecule has 1 aromatic rings. The minimum absolute atomic E-state index is 0.165. The van der Waals surface area contributed by atoms with Gasteiger partial charge in [-0.25, -0.2) is 9.97 Å². The van der Waals surface area contributed by atoms with Crippen LogP contribution in [-0.2, 0) is 0 Å². The van der Waals surface area contributed by atoms with Crippen molar-refractivity contribution in [3.63, 3.8) is 0 Å². The summed E-state index contributed by atoms with van der Waals surface area (Å²) in [6, 6.07) is 0. The fourth-order valence-corrected chi connectivity index (χ4v) is 1.47. The molecule has 0 saturated heterocycles. The Balaban J connectivity index is 2.68. The van der Waals surface area contributed by atoms with Crippen LogP contribution in [-0.4, -0.2) is 47.5 Å². The Labute approximate surface area is 114 Å². The van der Waals surface area contributed by atoms with Gasteiger partial charge >= 0.3 is 0 Å². The molecule has 106 valence electrons. The monoisotopic (exact) mass is 265 g/mol. The average molecular weight is 265 g/mol. The number of rotatable bonds is 6. The Morgan fingerprint density at radius 2 is 2.21 bits per heavy atom. The number of aromatic nitrogens is 2. The Morgan fingerprint density at radius 3 is 2.79 bits per heavy atom. The Bertz CT molecular complexity index is 433. The number of carbonyl (C=O) groups excluding carboxylic acids is 1. The Hall–Kier alpha value is -1.69. The Morgan fingerprint density at radius 1 is 1.53 bits per heavy atom. The van der Waals surface area contributed by atoms with Crippen molar-refractivity contribution in [2.24, 2.45) is 0 Å². The first-order valence-electron chi connectivity index (χ1n) is 6.54. The standard InChI is InChI=1S/C13H23N5O/c1-5-18(4)7-6-15-13(19)11-10(14)8-16-12(17-11)9(2)3/h8-9H,5-7,14H2,1-4H3,(H,15,19). The van der Waals surface area contributed by atoms with E-state index in [4.69, 9.17) is 5.73 Å². The van der Waals surface area contributed by atoms with Crippen LogP contribution in [0.25, 0.3) is 0 Å². The molecular weight excluding hydrogens is 242 g/mol. The lowest BCUT2D eigenvalue weighted by Crippen LogP contribution is -2.33. The van der Waals surface area contributed by atoms with Gasteiger partial charge in [0.25, 0.3) is 5.91 Å². The number of nitrogens with two attached hydrogens (primary N) is 1. The molecule has 19 heavy (non-hydrogen) atoms. The van der Waals surface area contributed by atoms with Gasteiger partial charge in [-0.05, 0) is 13.6 Å². The van der Waals surface area contributed by atoms with E-state index in [1.807, 2.05) is 20.9 Å². The molecule has 6 heteroatoms. The molecule has 0 fully saturated rings. The Kier molecular flexibility index (Phi) is 5.69. The highest BCUT2D eigenvalue weighted by Crippen LogP contribution is 2.13. The SMILES string of the molecule is CCN(C)CCNC(=O)c1nc(C(C)C)ncc1N. The van der Waals surface area contributed by atoms with Crippen LogP contribution in [0.15, 0.2) is 6.20 Å². The maximum absolute atomic E-state index is 12.0. The van der Waals surface area contributed by atoms with Crippen LogP contribution in [0.2, 0.25) is 0 Å². The van der Waals surface area contributed by atoms with Gasteiger partial charge in [0.15, 0.2) is 5.69 Å². The molecule has 0 atom stereocenters. The maximum Gasteiger partial charge on any atom is 0.272 e. The molecule has 0 aliphatic heterocycles. The van der Waals surface area contributed by atoms with Gasteiger partial charge in [-0.2, -0.15) is 0 Å². The van der Waals surface area contributed by atoms with Crippen molar-refractivity contribution in [2.45, 2.75) is 26.7 Å². The fraction of sp³-hybridized carbons (Fsp3) is 0.615. The number of amides is 1. The number of hydrogen-bond acceptors (Lipinski definition) is 5. The summed E-state index contributed by atoms with van der Waals surface area (Å²) in [7, 11) is 2.00. The second-order valence-electron chi connectivity index (χ2n) is 4.84. The number of likely N-dealkylation sites (N-methyl/N-ethyl adjacent to an activating group) is 1. The first kappa shape index (κ1) is 15.4. The van der Waals surface area contributed by atoms with E-state index in [1.54, 1.807) is 0 Å². The summed E-state index contributed by atoms with van der Waals surface area (Å²) in [4.78, 5) is 22.5. The predicted molar refractivity (Wildman–Crippen MR) is 76.0 cm³/mol. The molecular formula is C13H23N5O. The summed E-state index contributed by atoms with van der Waals surface area (Å²) >= 11 is 0. The van der Waals surface area contributed by atoms with Crippen LogP contribution in [0.4, 0.5) is 5.69 Å². The third-order valence-electron chi connectivity index (χ3n) is 2.89. The van der Waals surface area contributed by atoms with Crippen molar-refractivity contribution in [1.29, 1.82) is 0 Å². The van der Waals surface area contributed by atoms with Crippen molar-refractivity contribution in [2.75, 3.05) is 32.4 Å². The minimum Gasteiger partial charge on any atom is -0.396 e. The topological polar surface area (TPSA) is 84.1 Å². The van der Waals surface area contributed by atoms with E-state index >= 15 is 0 Å². The first-order chi connectivity index (χ1) is 8.95. The summed E-state index contributed by atoms with van der Waals surface area (Å²) in [5.41, 5.74) is 6.32. The molecule has 0 unspecified atom stereocenters. The second-order valence-corrected chi connectivity index (χ2v) is 4.84. The molecule has 1 amide bonds. The van der Waals surface area contributed by atoms with E-state index in [2.05, 4.69) is 27.1 Å². The van der Waals surface area contributed by atoms with Gasteiger partial charge in [-0.1, -0.05) is 20.8 Å². The van der Waals surface area contributed by atoms with Crippen LogP contribution in [0.5, 0.6) is 0 Å². The highest BCUT2D eigenvalue weighted by molar-refractivity contribution is 5.96. The van der Waals surface area contributed by atoms with Crippen LogP contribution < -0.4 is 11.1 Å². The molecule has 0 spiro atoms. The molecule has 0 aliphatic rings. The third-order valence-corrected chi connectivity index (χ3v) is 2.89. The third kappa shape index (κ3) is 4.48. The molecule has 0 saturated carbocycles. The highest BCUT2D eigenvalue weighted by Gasteiger charge is 2.14. The molecule has 3 N–H and O–H groups in total. The van der Waals surface area contributed by atoms with Crippen LogP contribution >= 0.6 is 0 Å². The quantitative estimate of drug-likeness (QED) is 0.797. The molecule has 0 aromatic carbocycles. The van der Waals surface area contributed by atoms with E-state index in [1.165, 1.54) is 6.20 Å². The molecule has 0 bridgehead atoms. The zero-order valence-corrected chi connectivity index (χ0v) is 12.1. The molecule has 1 heterocycles. The van der Waals surface area contributed by atoms with E-state index < -0.39 is 0 Å². The predicted octanol–water partition coefficient (Wildman–Crippen LogP) is 0.864. The average Bonchev–Trinajstić information content (AvgIpc) is 2.38. The van der Waals surface area contributed by atoms with E-state index in [0.29, 0.717) is 18.1 Å². The van der Waals surface area contributed by atoms with Gasteiger partial charge in [-0.3, -0.25) is 4.79 Å². The number of anilines is 1. The van der Waals surface area contributed by atoms with Gasteiger partial charge < -0.3 is 16.0 Å². The summed E-state index contributed by atoms with van der Waals surface area (Å²) in [6.07, 6.45) is 1.50. The maximum atomic E-state index is 12.0. The molecule has 1 rings (SSSR count). The summed E-state index contributed by atoms with van der Waals surface area (Å²) in [6.45, 7) is 8.34.